The average molecular weight is 359 g/mol. The van der Waals surface area contributed by atoms with Crippen LogP contribution in [-0.4, -0.2) is 43.0 Å². The third-order valence-corrected chi connectivity index (χ3v) is 4.05. The van der Waals surface area contributed by atoms with E-state index in [4.69, 9.17) is 4.74 Å². The topological polar surface area (TPSA) is 29.5 Å². The molecule has 1 saturated heterocycles. The zero-order valence-electron chi connectivity index (χ0n) is 10.6. The summed E-state index contributed by atoms with van der Waals surface area (Å²) >= 11 is 2.25. The number of hydrogen-bond donors (Lipinski definition) is 0. The SMILES string of the molecule is CCC1COCCN1CC(=O)c1ccc(I)cc1. The summed E-state index contributed by atoms with van der Waals surface area (Å²) < 4.78 is 6.61. The second kappa shape index (κ2) is 6.63. The van der Waals surface area contributed by atoms with Gasteiger partial charge in [0, 0.05) is 21.7 Å². The average Bonchev–Trinajstić information content (AvgIpc) is 2.40. The standard InChI is InChI=1S/C14H18INO2/c1-2-13-10-18-8-7-16(13)9-14(17)11-3-5-12(15)6-4-11/h3-6,13H,2,7-10H2,1H3. The number of Topliss-reactive ketones (excluding diaryl/α,β-unsaturated/α-hetero) is 1. The molecule has 1 aromatic carbocycles. The monoisotopic (exact) mass is 359 g/mol. The van der Waals surface area contributed by atoms with Gasteiger partial charge < -0.3 is 4.74 Å². The number of morpholine rings is 1. The van der Waals surface area contributed by atoms with Crippen LogP contribution in [0, 0.1) is 3.57 Å². The van der Waals surface area contributed by atoms with Gasteiger partial charge in [-0.2, -0.15) is 0 Å². The minimum atomic E-state index is 0.201. The van der Waals surface area contributed by atoms with Gasteiger partial charge in [0.05, 0.1) is 19.8 Å². The third-order valence-electron chi connectivity index (χ3n) is 3.33. The van der Waals surface area contributed by atoms with Crippen molar-refractivity contribution in [3.63, 3.8) is 0 Å². The first-order valence-corrected chi connectivity index (χ1v) is 7.39. The molecular weight excluding hydrogens is 341 g/mol. The van der Waals surface area contributed by atoms with Crippen LogP contribution in [0.5, 0.6) is 0 Å². The number of ketones is 1. The van der Waals surface area contributed by atoms with Crippen molar-refractivity contribution in [2.24, 2.45) is 0 Å². The fourth-order valence-electron chi connectivity index (χ4n) is 2.18. The Balaban J connectivity index is 1.99. The summed E-state index contributed by atoms with van der Waals surface area (Å²) in [5, 5.41) is 0. The largest absolute Gasteiger partial charge is 0.378 e. The van der Waals surface area contributed by atoms with Gasteiger partial charge in [-0.3, -0.25) is 9.69 Å². The van der Waals surface area contributed by atoms with Crippen molar-refractivity contribution in [1.29, 1.82) is 0 Å². The number of rotatable bonds is 4. The first kappa shape index (κ1) is 14.0. The molecular formula is C14H18INO2. The normalized spacial score (nSPS) is 20.9. The molecule has 1 unspecified atom stereocenters. The lowest BCUT2D eigenvalue weighted by Gasteiger charge is -2.34. The van der Waals surface area contributed by atoms with E-state index in [0.717, 1.165) is 35.3 Å². The molecule has 0 aliphatic carbocycles. The van der Waals surface area contributed by atoms with E-state index in [1.807, 2.05) is 24.3 Å². The quantitative estimate of drug-likeness (QED) is 0.612. The highest BCUT2D eigenvalue weighted by Gasteiger charge is 2.23. The molecule has 3 nitrogen and oxygen atoms in total. The van der Waals surface area contributed by atoms with E-state index in [9.17, 15) is 4.79 Å². The van der Waals surface area contributed by atoms with E-state index in [-0.39, 0.29) is 5.78 Å². The highest BCUT2D eigenvalue weighted by atomic mass is 127. The van der Waals surface area contributed by atoms with Crippen molar-refractivity contribution in [3.05, 3.63) is 33.4 Å². The molecule has 4 heteroatoms. The van der Waals surface area contributed by atoms with Crippen molar-refractivity contribution in [3.8, 4) is 0 Å². The molecule has 0 N–H and O–H groups in total. The minimum absolute atomic E-state index is 0.201. The highest BCUT2D eigenvalue weighted by Crippen LogP contribution is 2.13. The van der Waals surface area contributed by atoms with Crippen LogP contribution in [0.15, 0.2) is 24.3 Å². The van der Waals surface area contributed by atoms with Crippen LogP contribution < -0.4 is 0 Å². The predicted octanol–water partition coefficient (Wildman–Crippen LogP) is 2.58. The summed E-state index contributed by atoms with van der Waals surface area (Å²) in [6.07, 6.45) is 1.03. The van der Waals surface area contributed by atoms with E-state index in [1.165, 1.54) is 0 Å². The molecule has 98 valence electrons. The van der Waals surface area contributed by atoms with Crippen LogP contribution in [0.25, 0.3) is 0 Å². The molecule has 1 fully saturated rings. The number of carbonyl (C=O) groups excluding carboxylic acids is 1. The first-order valence-electron chi connectivity index (χ1n) is 6.31. The van der Waals surface area contributed by atoms with Crippen LogP contribution in [0.1, 0.15) is 23.7 Å². The fourth-order valence-corrected chi connectivity index (χ4v) is 2.54. The predicted molar refractivity (Wildman–Crippen MR) is 80.0 cm³/mol. The van der Waals surface area contributed by atoms with Gasteiger partial charge in [0.15, 0.2) is 5.78 Å². The van der Waals surface area contributed by atoms with Crippen LogP contribution >= 0.6 is 22.6 Å². The number of carbonyl (C=O) groups is 1. The van der Waals surface area contributed by atoms with Gasteiger partial charge in [-0.25, -0.2) is 0 Å². The molecule has 0 aromatic heterocycles. The van der Waals surface area contributed by atoms with Crippen molar-refractivity contribution in [2.45, 2.75) is 19.4 Å². The third kappa shape index (κ3) is 3.52. The lowest BCUT2D eigenvalue weighted by molar-refractivity contribution is -0.00585. The van der Waals surface area contributed by atoms with Crippen LogP contribution in [0.4, 0.5) is 0 Å². The molecule has 0 radical (unpaired) electrons. The Labute approximate surface area is 122 Å². The first-order chi connectivity index (χ1) is 8.70. The van der Waals surface area contributed by atoms with E-state index < -0.39 is 0 Å². The molecule has 0 bridgehead atoms. The van der Waals surface area contributed by atoms with Gasteiger partial charge in [0.2, 0.25) is 0 Å². The Morgan fingerprint density at radius 1 is 1.44 bits per heavy atom. The molecule has 1 aliphatic rings. The van der Waals surface area contributed by atoms with Gasteiger partial charge >= 0.3 is 0 Å². The Morgan fingerprint density at radius 2 is 2.17 bits per heavy atom. The van der Waals surface area contributed by atoms with E-state index in [2.05, 4.69) is 34.4 Å². The van der Waals surface area contributed by atoms with Crippen molar-refractivity contribution in [2.75, 3.05) is 26.3 Å². The van der Waals surface area contributed by atoms with E-state index in [0.29, 0.717) is 12.6 Å². The van der Waals surface area contributed by atoms with Gasteiger partial charge in [0.25, 0.3) is 0 Å². The zero-order valence-corrected chi connectivity index (χ0v) is 12.7. The Kier molecular flexibility index (Phi) is 5.14. The number of nitrogens with zero attached hydrogens (tertiary/aromatic N) is 1. The van der Waals surface area contributed by atoms with E-state index >= 15 is 0 Å². The molecule has 1 atom stereocenters. The maximum atomic E-state index is 12.2. The molecule has 0 saturated carbocycles. The Hall–Kier alpha value is -0.460. The van der Waals surface area contributed by atoms with Crippen LogP contribution in [-0.2, 0) is 4.74 Å². The Morgan fingerprint density at radius 3 is 2.83 bits per heavy atom. The van der Waals surface area contributed by atoms with Crippen molar-refractivity contribution in [1.82, 2.24) is 4.90 Å². The molecule has 2 rings (SSSR count). The van der Waals surface area contributed by atoms with E-state index in [1.54, 1.807) is 0 Å². The summed E-state index contributed by atoms with van der Waals surface area (Å²) in [5.41, 5.74) is 0.803. The van der Waals surface area contributed by atoms with Crippen LogP contribution in [0.2, 0.25) is 0 Å². The summed E-state index contributed by atoms with van der Waals surface area (Å²) in [6.45, 7) is 4.98. The minimum Gasteiger partial charge on any atom is -0.378 e. The summed E-state index contributed by atoms with van der Waals surface area (Å²) in [5.74, 6) is 0.201. The Bertz CT molecular complexity index is 405. The number of benzene rings is 1. The number of halogens is 1. The zero-order chi connectivity index (χ0) is 13.0. The second-order valence-corrected chi connectivity index (χ2v) is 5.78. The number of ether oxygens (including phenoxy) is 1. The van der Waals surface area contributed by atoms with Crippen molar-refractivity contribution < 1.29 is 9.53 Å². The molecule has 1 aliphatic heterocycles. The van der Waals surface area contributed by atoms with Gasteiger partial charge in [-0.05, 0) is 41.1 Å². The van der Waals surface area contributed by atoms with Gasteiger partial charge in [0.1, 0.15) is 0 Å². The fraction of sp³-hybridized carbons (Fsp3) is 0.500. The van der Waals surface area contributed by atoms with Gasteiger partial charge in [-0.1, -0.05) is 19.1 Å². The second-order valence-electron chi connectivity index (χ2n) is 4.54. The summed E-state index contributed by atoms with van der Waals surface area (Å²) in [6, 6.07) is 8.15. The lowest BCUT2D eigenvalue weighted by atomic mass is 10.1. The van der Waals surface area contributed by atoms with Crippen LogP contribution in [0.3, 0.4) is 0 Å². The van der Waals surface area contributed by atoms with Gasteiger partial charge in [-0.15, -0.1) is 0 Å². The maximum absolute atomic E-state index is 12.2. The number of hydrogen-bond acceptors (Lipinski definition) is 3. The van der Waals surface area contributed by atoms with Crippen molar-refractivity contribution >= 4 is 28.4 Å². The smallest absolute Gasteiger partial charge is 0.176 e. The summed E-state index contributed by atoms with van der Waals surface area (Å²) in [7, 11) is 0. The molecule has 18 heavy (non-hydrogen) atoms. The summed E-state index contributed by atoms with van der Waals surface area (Å²) in [4.78, 5) is 14.4. The molecule has 0 spiro atoms. The molecule has 1 aromatic rings. The highest BCUT2D eigenvalue weighted by molar-refractivity contribution is 14.1. The molecule has 1 heterocycles. The lowest BCUT2D eigenvalue weighted by Crippen LogP contribution is -2.47. The molecule has 0 amide bonds. The maximum Gasteiger partial charge on any atom is 0.176 e.